The Balaban J connectivity index is 2.21. The number of aromatic hydroxyl groups is 1. The predicted molar refractivity (Wildman–Crippen MR) is 67.3 cm³/mol. The van der Waals surface area contributed by atoms with E-state index < -0.39 is 0 Å². The Morgan fingerprint density at radius 3 is 2.69 bits per heavy atom. The van der Waals surface area contributed by atoms with Crippen LogP contribution in [0.3, 0.4) is 0 Å². The zero-order valence-electron chi connectivity index (χ0n) is 8.34. The van der Waals surface area contributed by atoms with Crippen molar-refractivity contribution in [1.29, 1.82) is 0 Å². The predicted octanol–water partition coefficient (Wildman–Crippen LogP) is 3.30. The van der Waals surface area contributed by atoms with Crippen LogP contribution in [0.25, 0.3) is 0 Å². The summed E-state index contributed by atoms with van der Waals surface area (Å²) in [6, 6.07) is 10.7. The van der Waals surface area contributed by atoms with Crippen molar-refractivity contribution in [3.8, 4) is 5.75 Å². The smallest absolute Gasteiger partial charge is 0.141 e. The van der Waals surface area contributed by atoms with Gasteiger partial charge in [-0.2, -0.15) is 0 Å². The highest BCUT2D eigenvalue weighted by atomic mass is 79.9. The van der Waals surface area contributed by atoms with E-state index in [1.807, 2.05) is 18.2 Å². The topological polar surface area (TPSA) is 45.5 Å². The first-order valence-electron chi connectivity index (χ1n) is 4.69. The number of phenols is 1. The summed E-state index contributed by atoms with van der Waals surface area (Å²) < 4.78 is 0.784. The van der Waals surface area contributed by atoms with Crippen molar-refractivity contribution < 1.29 is 5.11 Å². The summed E-state index contributed by atoms with van der Waals surface area (Å²) in [6.45, 7) is 0. The van der Waals surface area contributed by atoms with Crippen molar-refractivity contribution in [3.05, 3.63) is 52.8 Å². The van der Waals surface area contributed by atoms with Crippen LogP contribution in [0.5, 0.6) is 5.75 Å². The lowest BCUT2D eigenvalue weighted by Crippen LogP contribution is -1.82. The minimum Gasteiger partial charge on any atom is -0.506 e. The lowest BCUT2D eigenvalue weighted by atomic mass is 10.3. The molecule has 0 aliphatic heterocycles. The Morgan fingerprint density at radius 2 is 2.00 bits per heavy atom. The highest BCUT2D eigenvalue weighted by molar-refractivity contribution is 9.10. The number of pyridine rings is 1. The number of aliphatic imine (C=N–C) groups is 1. The summed E-state index contributed by atoms with van der Waals surface area (Å²) in [5.41, 5.74) is 1.43. The van der Waals surface area contributed by atoms with Gasteiger partial charge in [0.05, 0.1) is 0 Å². The highest BCUT2D eigenvalue weighted by Crippen LogP contribution is 2.24. The molecule has 1 heterocycles. The Hall–Kier alpha value is -1.68. The van der Waals surface area contributed by atoms with E-state index in [2.05, 4.69) is 25.9 Å². The molecule has 0 radical (unpaired) electrons. The minimum absolute atomic E-state index is 0.170. The summed E-state index contributed by atoms with van der Waals surface area (Å²) in [5.74, 6) is 0.170. The molecule has 0 spiro atoms. The Bertz CT molecular complexity index is 509. The number of hydrogen-bond acceptors (Lipinski definition) is 3. The molecule has 16 heavy (non-hydrogen) atoms. The van der Waals surface area contributed by atoms with Crippen LogP contribution >= 0.6 is 15.9 Å². The van der Waals surface area contributed by atoms with E-state index in [1.165, 1.54) is 0 Å². The van der Waals surface area contributed by atoms with Gasteiger partial charge in [0, 0.05) is 18.0 Å². The van der Waals surface area contributed by atoms with Crippen molar-refractivity contribution in [2.45, 2.75) is 0 Å². The molecule has 0 amide bonds. The summed E-state index contributed by atoms with van der Waals surface area (Å²) in [7, 11) is 0. The molecule has 0 saturated carbocycles. The van der Waals surface area contributed by atoms with Crippen LogP contribution in [0.2, 0.25) is 0 Å². The van der Waals surface area contributed by atoms with Crippen LogP contribution in [-0.4, -0.2) is 16.3 Å². The normalized spacial score (nSPS) is 10.8. The fourth-order valence-electron chi connectivity index (χ4n) is 1.18. The second-order valence-corrected chi connectivity index (χ2v) is 3.97. The monoisotopic (exact) mass is 276 g/mol. The number of halogens is 1. The standard InChI is InChI=1S/C12H9BrN2O/c13-12-6-5-9(8-15-12)7-14-10-3-1-2-4-11(10)16/h1-8,16H. The van der Waals surface area contributed by atoms with Gasteiger partial charge < -0.3 is 5.11 Å². The molecular weight excluding hydrogens is 268 g/mol. The molecule has 1 N–H and O–H groups in total. The van der Waals surface area contributed by atoms with Crippen molar-refractivity contribution in [1.82, 2.24) is 4.98 Å². The van der Waals surface area contributed by atoms with E-state index in [1.54, 1.807) is 30.6 Å². The number of para-hydroxylation sites is 2. The van der Waals surface area contributed by atoms with Gasteiger partial charge in [0.25, 0.3) is 0 Å². The third-order valence-corrected chi connectivity index (χ3v) is 2.45. The molecule has 2 rings (SSSR count). The molecule has 1 aromatic carbocycles. The molecule has 4 heteroatoms. The van der Waals surface area contributed by atoms with E-state index in [-0.39, 0.29) is 5.75 Å². The van der Waals surface area contributed by atoms with Crippen LogP contribution in [0.15, 0.2) is 52.2 Å². The van der Waals surface area contributed by atoms with Gasteiger partial charge in [0.1, 0.15) is 16.0 Å². The molecule has 3 nitrogen and oxygen atoms in total. The summed E-state index contributed by atoms with van der Waals surface area (Å²) in [4.78, 5) is 8.25. The maximum atomic E-state index is 9.50. The molecule has 2 aromatic rings. The Morgan fingerprint density at radius 1 is 1.19 bits per heavy atom. The van der Waals surface area contributed by atoms with Gasteiger partial charge in [0.2, 0.25) is 0 Å². The quantitative estimate of drug-likeness (QED) is 0.676. The van der Waals surface area contributed by atoms with Gasteiger partial charge in [-0.3, -0.25) is 4.99 Å². The summed E-state index contributed by atoms with van der Waals surface area (Å²) >= 11 is 3.26. The van der Waals surface area contributed by atoms with E-state index >= 15 is 0 Å². The van der Waals surface area contributed by atoms with Crippen molar-refractivity contribution in [2.75, 3.05) is 0 Å². The number of nitrogens with zero attached hydrogens (tertiary/aromatic N) is 2. The van der Waals surface area contributed by atoms with Gasteiger partial charge in [0.15, 0.2) is 0 Å². The number of aromatic nitrogens is 1. The van der Waals surface area contributed by atoms with Gasteiger partial charge in [-0.25, -0.2) is 4.98 Å². The Kier molecular flexibility index (Phi) is 3.31. The largest absolute Gasteiger partial charge is 0.506 e. The molecule has 0 fully saturated rings. The average Bonchev–Trinajstić information content (AvgIpc) is 2.30. The van der Waals surface area contributed by atoms with E-state index in [4.69, 9.17) is 0 Å². The number of benzene rings is 1. The fraction of sp³-hybridized carbons (Fsp3) is 0. The van der Waals surface area contributed by atoms with Crippen molar-refractivity contribution in [2.24, 2.45) is 4.99 Å². The van der Waals surface area contributed by atoms with Gasteiger partial charge in [-0.1, -0.05) is 12.1 Å². The first-order chi connectivity index (χ1) is 7.75. The lowest BCUT2D eigenvalue weighted by molar-refractivity contribution is 0.477. The Labute approximate surface area is 102 Å². The zero-order valence-corrected chi connectivity index (χ0v) is 9.92. The van der Waals surface area contributed by atoms with Gasteiger partial charge >= 0.3 is 0 Å². The fourth-order valence-corrected chi connectivity index (χ4v) is 1.42. The third-order valence-electron chi connectivity index (χ3n) is 1.98. The molecule has 0 atom stereocenters. The minimum atomic E-state index is 0.170. The number of phenolic OH excluding ortho intramolecular Hbond substituents is 1. The second kappa shape index (κ2) is 4.90. The SMILES string of the molecule is Oc1ccccc1N=Cc1ccc(Br)nc1. The molecule has 0 unspecified atom stereocenters. The van der Waals surface area contributed by atoms with Crippen LogP contribution in [-0.2, 0) is 0 Å². The van der Waals surface area contributed by atoms with Crippen LogP contribution < -0.4 is 0 Å². The molecule has 0 aliphatic rings. The summed E-state index contributed by atoms with van der Waals surface area (Å²) in [5, 5.41) is 9.50. The van der Waals surface area contributed by atoms with Crippen molar-refractivity contribution in [3.63, 3.8) is 0 Å². The number of hydrogen-bond donors (Lipinski definition) is 1. The van der Waals surface area contributed by atoms with Crippen molar-refractivity contribution >= 4 is 27.8 Å². The highest BCUT2D eigenvalue weighted by Gasteiger charge is 1.95. The molecule has 0 saturated heterocycles. The molecular formula is C12H9BrN2O. The molecule has 0 bridgehead atoms. The maximum Gasteiger partial charge on any atom is 0.141 e. The van der Waals surface area contributed by atoms with Crippen LogP contribution in [0.4, 0.5) is 5.69 Å². The molecule has 0 aliphatic carbocycles. The van der Waals surface area contributed by atoms with E-state index in [0.717, 1.165) is 10.2 Å². The first-order valence-corrected chi connectivity index (χ1v) is 5.48. The van der Waals surface area contributed by atoms with Gasteiger partial charge in [-0.15, -0.1) is 0 Å². The van der Waals surface area contributed by atoms with E-state index in [0.29, 0.717) is 5.69 Å². The lowest BCUT2D eigenvalue weighted by Gasteiger charge is -1.97. The second-order valence-electron chi connectivity index (χ2n) is 3.16. The van der Waals surface area contributed by atoms with Crippen LogP contribution in [0, 0.1) is 0 Å². The number of rotatable bonds is 2. The molecule has 1 aromatic heterocycles. The third kappa shape index (κ3) is 2.67. The van der Waals surface area contributed by atoms with E-state index in [9.17, 15) is 5.11 Å². The maximum absolute atomic E-state index is 9.50. The van der Waals surface area contributed by atoms with Crippen LogP contribution in [0.1, 0.15) is 5.56 Å². The molecule has 80 valence electrons. The average molecular weight is 277 g/mol. The zero-order chi connectivity index (χ0) is 11.4. The first kappa shape index (κ1) is 10.8. The van der Waals surface area contributed by atoms with Gasteiger partial charge in [-0.05, 0) is 40.2 Å². The summed E-state index contributed by atoms with van der Waals surface area (Å²) in [6.07, 6.45) is 3.36.